The number of anilines is 2. The molecule has 0 spiro atoms. The number of amides is 2. The van der Waals surface area contributed by atoms with Gasteiger partial charge in [-0.2, -0.15) is 0 Å². The first kappa shape index (κ1) is 16.1. The largest absolute Gasteiger partial charge is 0.479 e. The standard InChI is InChI=1S/C19H20N2O3/c1-12-6-3-4-7-14(12)10-11-17(22)20-15-8-5-9-16-18(15)21-19(23)13(2)24-16/h3-9,13H,10-11H2,1-2H3,(H,20,22)(H,21,23). The minimum absolute atomic E-state index is 0.0977. The summed E-state index contributed by atoms with van der Waals surface area (Å²) in [7, 11) is 0. The maximum absolute atomic E-state index is 12.3. The van der Waals surface area contributed by atoms with Crippen LogP contribution in [-0.2, 0) is 16.0 Å². The van der Waals surface area contributed by atoms with E-state index in [9.17, 15) is 9.59 Å². The van der Waals surface area contributed by atoms with Crippen molar-refractivity contribution in [2.24, 2.45) is 0 Å². The number of rotatable bonds is 4. The molecule has 1 unspecified atom stereocenters. The number of carbonyl (C=O) groups is 2. The van der Waals surface area contributed by atoms with Crippen molar-refractivity contribution < 1.29 is 14.3 Å². The van der Waals surface area contributed by atoms with Gasteiger partial charge in [-0.1, -0.05) is 30.3 Å². The van der Waals surface area contributed by atoms with Crippen LogP contribution in [0.1, 0.15) is 24.5 Å². The van der Waals surface area contributed by atoms with E-state index in [4.69, 9.17) is 4.74 Å². The summed E-state index contributed by atoms with van der Waals surface area (Å²) >= 11 is 0. The van der Waals surface area contributed by atoms with Crippen LogP contribution < -0.4 is 15.4 Å². The first-order valence-electron chi connectivity index (χ1n) is 7.99. The maximum Gasteiger partial charge on any atom is 0.265 e. The normalized spacial score (nSPS) is 15.9. The van der Waals surface area contributed by atoms with E-state index in [1.807, 2.05) is 31.2 Å². The minimum atomic E-state index is -0.537. The highest BCUT2D eigenvalue weighted by Crippen LogP contribution is 2.36. The summed E-state index contributed by atoms with van der Waals surface area (Å²) in [5.41, 5.74) is 3.41. The van der Waals surface area contributed by atoms with E-state index in [2.05, 4.69) is 10.6 Å². The molecule has 5 heteroatoms. The fraction of sp³-hybridized carbons (Fsp3) is 0.263. The molecule has 1 atom stereocenters. The van der Waals surface area contributed by atoms with Gasteiger partial charge in [-0.3, -0.25) is 9.59 Å². The van der Waals surface area contributed by atoms with Gasteiger partial charge in [-0.15, -0.1) is 0 Å². The van der Waals surface area contributed by atoms with Gasteiger partial charge in [0.25, 0.3) is 5.91 Å². The van der Waals surface area contributed by atoms with Crippen molar-refractivity contribution >= 4 is 23.2 Å². The van der Waals surface area contributed by atoms with E-state index in [-0.39, 0.29) is 11.8 Å². The lowest BCUT2D eigenvalue weighted by Crippen LogP contribution is -2.34. The Kier molecular flexibility index (Phi) is 4.51. The van der Waals surface area contributed by atoms with Crippen LogP contribution in [-0.4, -0.2) is 17.9 Å². The molecule has 0 aromatic heterocycles. The molecule has 24 heavy (non-hydrogen) atoms. The Labute approximate surface area is 141 Å². The molecule has 0 saturated carbocycles. The molecule has 0 bridgehead atoms. The van der Waals surface area contributed by atoms with Crippen molar-refractivity contribution in [3.63, 3.8) is 0 Å². The summed E-state index contributed by atoms with van der Waals surface area (Å²) in [6, 6.07) is 13.3. The number of aryl methyl sites for hydroxylation is 2. The number of hydrogen-bond donors (Lipinski definition) is 2. The second-order valence-electron chi connectivity index (χ2n) is 5.90. The third-order valence-electron chi connectivity index (χ3n) is 4.10. The lowest BCUT2D eigenvalue weighted by atomic mass is 10.0. The molecule has 2 aromatic carbocycles. The van der Waals surface area contributed by atoms with Gasteiger partial charge < -0.3 is 15.4 Å². The summed E-state index contributed by atoms with van der Waals surface area (Å²) in [6.07, 6.45) is 0.511. The third-order valence-corrected chi connectivity index (χ3v) is 4.10. The molecule has 0 saturated heterocycles. The lowest BCUT2D eigenvalue weighted by Gasteiger charge is -2.25. The molecule has 0 radical (unpaired) electrons. The molecule has 0 aliphatic carbocycles. The van der Waals surface area contributed by atoms with Crippen LogP contribution in [0.25, 0.3) is 0 Å². The lowest BCUT2D eigenvalue weighted by molar-refractivity contribution is -0.122. The fourth-order valence-corrected chi connectivity index (χ4v) is 2.68. The van der Waals surface area contributed by atoms with Crippen molar-refractivity contribution in [1.29, 1.82) is 0 Å². The predicted molar refractivity (Wildman–Crippen MR) is 93.3 cm³/mol. The Morgan fingerprint density at radius 1 is 1.21 bits per heavy atom. The number of benzene rings is 2. The number of para-hydroxylation sites is 1. The van der Waals surface area contributed by atoms with Crippen LogP contribution in [0.4, 0.5) is 11.4 Å². The summed E-state index contributed by atoms with van der Waals surface area (Å²) in [5.74, 6) is 0.252. The topological polar surface area (TPSA) is 67.4 Å². The first-order chi connectivity index (χ1) is 11.5. The highest BCUT2D eigenvalue weighted by molar-refractivity contribution is 6.04. The molecule has 3 rings (SSSR count). The summed E-state index contributed by atoms with van der Waals surface area (Å²) in [6.45, 7) is 3.72. The molecule has 5 nitrogen and oxygen atoms in total. The van der Waals surface area contributed by atoms with Gasteiger partial charge in [0.05, 0.1) is 5.69 Å². The zero-order valence-corrected chi connectivity index (χ0v) is 13.8. The SMILES string of the molecule is Cc1ccccc1CCC(=O)Nc1cccc2c1NC(=O)C(C)O2. The predicted octanol–water partition coefficient (Wildman–Crippen LogP) is 3.29. The highest BCUT2D eigenvalue weighted by atomic mass is 16.5. The Morgan fingerprint density at radius 2 is 2.00 bits per heavy atom. The molecule has 1 aliphatic heterocycles. The van der Waals surface area contributed by atoms with Crippen LogP contribution >= 0.6 is 0 Å². The molecule has 2 amide bonds. The second-order valence-corrected chi connectivity index (χ2v) is 5.90. The summed E-state index contributed by atoms with van der Waals surface area (Å²) in [5, 5.41) is 5.65. The zero-order valence-electron chi connectivity index (χ0n) is 13.8. The summed E-state index contributed by atoms with van der Waals surface area (Å²) in [4.78, 5) is 24.1. The number of nitrogens with one attached hydrogen (secondary N) is 2. The Bertz CT molecular complexity index is 786. The van der Waals surface area contributed by atoms with Crippen LogP contribution in [0.5, 0.6) is 5.75 Å². The van der Waals surface area contributed by atoms with Crippen molar-refractivity contribution in [3.8, 4) is 5.75 Å². The number of hydrogen-bond acceptors (Lipinski definition) is 3. The Hall–Kier alpha value is -2.82. The van der Waals surface area contributed by atoms with E-state index in [1.54, 1.807) is 25.1 Å². The molecule has 0 fully saturated rings. The third kappa shape index (κ3) is 3.40. The Morgan fingerprint density at radius 3 is 2.79 bits per heavy atom. The van der Waals surface area contributed by atoms with Gasteiger partial charge in [0.1, 0.15) is 11.4 Å². The highest BCUT2D eigenvalue weighted by Gasteiger charge is 2.25. The van der Waals surface area contributed by atoms with E-state index in [1.165, 1.54) is 5.56 Å². The van der Waals surface area contributed by atoms with Crippen molar-refractivity contribution in [2.45, 2.75) is 32.8 Å². The fourth-order valence-electron chi connectivity index (χ4n) is 2.68. The number of fused-ring (bicyclic) bond motifs is 1. The first-order valence-corrected chi connectivity index (χ1v) is 7.99. The average molecular weight is 324 g/mol. The van der Waals surface area contributed by atoms with Crippen molar-refractivity contribution in [3.05, 3.63) is 53.6 Å². The smallest absolute Gasteiger partial charge is 0.265 e. The monoisotopic (exact) mass is 324 g/mol. The van der Waals surface area contributed by atoms with Crippen LogP contribution in [0, 0.1) is 6.92 Å². The molecule has 2 N–H and O–H groups in total. The Balaban J connectivity index is 1.68. The number of ether oxygens (including phenoxy) is 1. The van der Waals surface area contributed by atoms with E-state index < -0.39 is 6.10 Å². The molecule has 2 aromatic rings. The maximum atomic E-state index is 12.3. The van der Waals surface area contributed by atoms with Gasteiger partial charge in [0.15, 0.2) is 6.10 Å². The van der Waals surface area contributed by atoms with E-state index in [0.717, 1.165) is 5.56 Å². The number of carbonyl (C=O) groups excluding carboxylic acids is 2. The average Bonchev–Trinajstić information content (AvgIpc) is 2.56. The quantitative estimate of drug-likeness (QED) is 0.907. The molecular formula is C19H20N2O3. The van der Waals surface area contributed by atoms with Gasteiger partial charge >= 0.3 is 0 Å². The van der Waals surface area contributed by atoms with Gasteiger partial charge in [0, 0.05) is 6.42 Å². The van der Waals surface area contributed by atoms with E-state index >= 15 is 0 Å². The molecule has 1 aliphatic rings. The van der Waals surface area contributed by atoms with Crippen LogP contribution in [0.15, 0.2) is 42.5 Å². The molecular weight excluding hydrogens is 304 g/mol. The van der Waals surface area contributed by atoms with Gasteiger partial charge in [-0.05, 0) is 43.5 Å². The van der Waals surface area contributed by atoms with Gasteiger partial charge in [-0.25, -0.2) is 0 Å². The van der Waals surface area contributed by atoms with Crippen LogP contribution in [0.2, 0.25) is 0 Å². The minimum Gasteiger partial charge on any atom is -0.479 e. The molecule has 1 heterocycles. The zero-order chi connectivity index (χ0) is 17.1. The van der Waals surface area contributed by atoms with Crippen molar-refractivity contribution in [1.82, 2.24) is 0 Å². The second kappa shape index (κ2) is 6.74. The van der Waals surface area contributed by atoms with Crippen molar-refractivity contribution in [2.75, 3.05) is 10.6 Å². The van der Waals surface area contributed by atoms with Crippen LogP contribution in [0.3, 0.4) is 0 Å². The molecule has 124 valence electrons. The van der Waals surface area contributed by atoms with E-state index in [0.29, 0.717) is 30.0 Å². The van der Waals surface area contributed by atoms with Gasteiger partial charge in [0.2, 0.25) is 5.91 Å². The summed E-state index contributed by atoms with van der Waals surface area (Å²) < 4.78 is 5.55.